The number of aliphatic hydroxyl groups excluding tert-OH is 1. The summed E-state index contributed by atoms with van der Waals surface area (Å²) in [5, 5.41) is 9.80. The van der Waals surface area contributed by atoms with Crippen LogP contribution in [0, 0.1) is 0 Å². The van der Waals surface area contributed by atoms with Crippen molar-refractivity contribution in [3.8, 4) is 0 Å². The third kappa shape index (κ3) is 52.0. The van der Waals surface area contributed by atoms with Crippen LogP contribution in [0.15, 0.2) is 158 Å². The maximum Gasteiger partial charge on any atom is 0.472 e. The molecule has 0 saturated heterocycles. The summed E-state index contributed by atoms with van der Waals surface area (Å²) in [6.07, 6.45) is 71.0. The first kappa shape index (κ1) is 69.1. The maximum absolute atomic E-state index is 12.9. The Bertz CT molecular complexity index is 1840. The van der Waals surface area contributed by atoms with E-state index in [9.17, 15) is 28.9 Å². The Hall–Kier alpha value is -4.90. The fourth-order valence-corrected chi connectivity index (χ4v) is 7.20. The first-order valence-corrected chi connectivity index (χ1v) is 28.9. The van der Waals surface area contributed by atoms with Gasteiger partial charge in [0.25, 0.3) is 0 Å². The molecule has 0 amide bonds. The number of rotatable bonds is 48. The molecule has 0 aliphatic carbocycles. The van der Waals surface area contributed by atoms with Crippen LogP contribution in [0.3, 0.4) is 0 Å². The SMILES string of the molecule is CC/C=C\C/C=C\C/C=C\C/C=C\C/C=C\CCCC(=O)OCC(COP(=O)(O)OCC(CO)OC(=O)CCCCCCC/C=C\C/C=C\C/C=C\CC)OC(=O)C/C=C\C/C=C\C/C=C\C/C=C\C/C=C\CC. The molecule has 0 aliphatic heterocycles. The summed E-state index contributed by atoms with van der Waals surface area (Å²) in [7, 11) is -4.80. The topological polar surface area (TPSA) is 155 Å². The number of carbonyl (C=O) groups excluding carboxylic acids is 3. The predicted molar refractivity (Wildman–Crippen MR) is 306 cm³/mol. The van der Waals surface area contributed by atoms with Crippen LogP contribution in [0.1, 0.15) is 175 Å². The molecule has 3 atom stereocenters. The minimum atomic E-state index is -4.80. The Morgan fingerprint density at radius 1 is 0.392 bits per heavy atom. The van der Waals surface area contributed by atoms with Gasteiger partial charge in [-0.1, -0.05) is 198 Å². The number of hydrogen-bond acceptors (Lipinski definition) is 10. The summed E-state index contributed by atoms with van der Waals surface area (Å²) in [6, 6.07) is 0. The summed E-state index contributed by atoms with van der Waals surface area (Å²) in [5.41, 5.74) is 0. The van der Waals surface area contributed by atoms with E-state index in [1.807, 2.05) is 30.4 Å². The van der Waals surface area contributed by atoms with Gasteiger partial charge < -0.3 is 24.2 Å². The van der Waals surface area contributed by atoms with Crippen LogP contribution in [0.4, 0.5) is 0 Å². The van der Waals surface area contributed by atoms with Gasteiger partial charge in [-0.15, -0.1) is 0 Å². The normalized spacial score (nSPS) is 14.6. The van der Waals surface area contributed by atoms with E-state index in [0.717, 1.165) is 109 Å². The molecule has 0 aromatic carbocycles. The third-order valence-corrected chi connectivity index (χ3v) is 11.4. The van der Waals surface area contributed by atoms with Gasteiger partial charge in [0.2, 0.25) is 0 Å². The molecule has 0 radical (unpaired) electrons. The smallest absolute Gasteiger partial charge is 0.462 e. The van der Waals surface area contributed by atoms with Crippen LogP contribution in [0.25, 0.3) is 0 Å². The molecule has 12 heteroatoms. The Kier molecular flexibility index (Phi) is 50.8. The highest BCUT2D eigenvalue weighted by molar-refractivity contribution is 7.47. The minimum absolute atomic E-state index is 0.0875. The van der Waals surface area contributed by atoms with Gasteiger partial charge in [0.15, 0.2) is 6.10 Å². The van der Waals surface area contributed by atoms with E-state index in [0.29, 0.717) is 25.7 Å². The second-order valence-corrected chi connectivity index (χ2v) is 18.7. The number of phosphoric acid groups is 1. The van der Waals surface area contributed by atoms with Crippen molar-refractivity contribution in [2.24, 2.45) is 0 Å². The van der Waals surface area contributed by atoms with E-state index in [4.69, 9.17) is 23.3 Å². The van der Waals surface area contributed by atoms with Crippen LogP contribution in [0.2, 0.25) is 0 Å². The van der Waals surface area contributed by atoms with Crippen molar-refractivity contribution in [2.75, 3.05) is 26.4 Å². The molecule has 0 aromatic rings. The Morgan fingerprint density at radius 2 is 0.730 bits per heavy atom. The number of unbranched alkanes of at least 4 members (excludes halogenated alkanes) is 6. The van der Waals surface area contributed by atoms with E-state index in [-0.39, 0.29) is 19.3 Å². The average molecular weight is 1050 g/mol. The zero-order valence-electron chi connectivity index (χ0n) is 45.5. The zero-order chi connectivity index (χ0) is 54.1. The lowest BCUT2D eigenvalue weighted by Gasteiger charge is -2.21. The predicted octanol–water partition coefficient (Wildman–Crippen LogP) is 16.1. The highest BCUT2D eigenvalue weighted by Gasteiger charge is 2.28. The summed E-state index contributed by atoms with van der Waals surface area (Å²) in [6.45, 7) is 4.07. The van der Waals surface area contributed by atoms with Gasteiger partial charge in [0, 0.05) is 12.8 Å². The lowest BCUT2D eigenvalue weighted by molar-refractivity contribution is -0.160. The van der Waals surface area contributed by atoms with Crippen molar-refractivity contribution in [3.05, 3.63) is 158 Å². The first-order valence-electron chi connectivity index (χ1n) is 27.4. The van der Waals surface area contributed by atoms with Gasteiger partial charge in [-0.05, 0) is 116 Å². The Morgan fingerprint density at radius 3 is 1.16 bits per heavy atom. The second kappa shape index (κ2) is 54.4. The van der Waals surface area contributed by atoms with E-state index in [2.05, 4.69) is 142 Å². The van der Waals surface area contributed by atoms with Crippen molar-refractivity contribution < 1.29 is 52.2 Å². The lowest BCUT2D eigenvalue weighted by Crippen LogP contribution is -2.30. The van der Waals surface area contributed by atoms with Gasteiger partial charge in [0.1, 0.15) is 12.7 Å². The van der Waals surface area contributed by atoms with E-state index in [1.54, 1.807) is 6.08 Å². The quantitative estimate of drug-likeness (QED) is 0.0197. The number of hydrogen-bond donors (Lipinski definition) is 2. The van der Waals surface area contributed by atoms with Gasteiger partial charge in [0.05, 0.1) is 26.2 Å². The van der Waals surface area contributed by atoms with E-state index >= 15 is 0 Å². The van der Waals surface area contributed by atoms with Crippen LogP contribution < -0.4 is 0 Å². The van der Waals surface area contributed by atoms with E-state index in [1.165, 1.54) is 0 Å². The number of esters is 3. The number of aliphatic hydroxyl groups is 1. The largest absolute Gasteiger partial charge is 0.472 e. The molecule has 0 spiro atoms. The molecular formula is C62H95O11P. The molecule has 0 bridgehead atoms. The molecule has 3 unspecified atom stereocenters. The first-order chi connectivity index (χ1) is 36.2. The average Bonchev–Trinajstić information content (AvgIpc) is 3.39. The standard InChI is InChI=1S/C62H95O11P/c1-4-7-10-13-16-19-22-25-28-29-32-33-36-39-42-45-48-51-60(64)69-55-59(73-62(66)53-50-47-44-41-38-35-31-27-24-21-18-15-12-9-6-3)57-71-74(67,68)70-56-58(54-63)72-61(65)52-49-46-43-40-37-34-30-26-23-20-17-14-11-8-5-2/h7-12,16-21,25-28,30-33,38-39,41-42,47,50,58-59,63H,4-6,13-15,22-24,29,34-37,40,43-46,48-49,51-57H2,1-3H3,(H,67,68)/b10-7-,11-8-,12-9-,19-16-,20-17-,21-18-,28-25-,30-26-,31-27-,33-32-,41-38-,42-39-,50-47-. The summed E-state index contributed by atoms with van der Waals surface area (Å²) < 4.78 is 39.2. The minimum Gasteiger partial charge on any atom is -0.462 e. The number of ether oxygens (including phenoxy) is 3. The molecule has 0 rings (SSSR count). The molecule has 0 heterocycles. The van der Waals surface area contributed by atoms with Crippen LogP contribution in [0.5, 0.6) is 0 Å². The number of phosphoric ester groups is 1. The van der Waals surface area contributed by atoms with Crippen molar-refractivity contribution >= 4 is 25.7 Å². The van der Waals surface area contributed by atoms with Gasteiger partial charge >= 0.3 is 25.7 Å². The number of allylic oxidation sites excluding steroid dienone is 25. The molecule has 414 valence electrons. The second-order valence-electron chi connectivity index (χ2n) is 17.3. The van der Waals surface area contributed by atoms with Crippen molar-refractivity contribution in [3.63, 3.8) is 0 Å². The lowest BCUT2D eigenvalue weighted by atomic mass is 10.1. The highest BCUT2D eigenvalue weighted by atomic mass is 31.2. The Labute approximate surface area is 447 Å². The molecule has 11 nitrogen and oxygen atoms in total. The highest BCUT2D eigenvalue weighted by Crippen LogP contribution is 2.43. The summed E-state index contributed by atoms with van der Waals surface area (Å²) in [4.78, 5) is 48.4. The van der Waals surface area contributed by atoms with Crippen molar-refractivity contribution in [1.82, 2.24) is 0 Å². The van der Waals surface area contributed by atoms with Gasteiger partial charge in [-0.25, -0.2) is 4.57 Å². The van der Waals surface area contributed by atoms with Gasteiger partial charge in [-0.3, -0.25) is 23.4 Å². The van der Waals surface area contributed by atoms with Crippen molar-refractivity contribution in [2.45, 2.75) is 187 Å². The van der Waals surface area contributed by atoms with Crippen LogP contribution in [-0.4, -0.2) is 66.5 Å². The summed E-state index contributed by atoms with van der Waals surface area (Å²) >= 11 is 0. The molecule has 0 fully saturated rings. The van der Waals surface area contributed by atoms with Crippen molar-refractivity contribution in [1.29, 1.82) is 0 Å². The third-order valence-electron chi connectivity index (χ3n) is 10.5. The van der Waals surface area contributed by atoms with E-state index < -0.39 is 64.4 Å². The van der Waals surface area contributed by atoms with Crippen LogP contribution in [-0.2, 0) is 42.2 Å². The number of carbonyl (C=O) groups is 3. The molecule has 2 N–H and O–H groups in total. The molecule has 0 aliphatic rings. The molecule has 0 saturated carbocycles. The fraction of sp³-hybridized carbons (Fsp3) is 0.532. The van der Waals surface area contributed by atoms with Gasteiger partial charge in [-0.2, -0.15) is 0 Å². The molecule has 74 heavy (non-hydrogen) atoms. The zero-order valence-corrected chi connectivity index (χ0v) is 46.4. The summed E-state index contributed by atoms with van der Waals surface area (Å²) in [5.74, 6) is -1.73. The maximum atomic E-state index is 12.9. The molecule has 0 aromatic heterocycles. The Balaban J connectivity index is 4.96. The van der Waals surface area contributed by atoms with Crippen LogP contribution >= 0.6 is 7.82 Å². The monoisotopic (exact) mass is 1050 g/mol. The fourth-order valence-electron chi connectivity index (χ4n) is 6.42. The molecular weight excluding hydrogens is 952 g/mol.